The average Bonchev–Trinajstić information content (AvgIpc) is 3.07. The number of carbonyl (C=O) groups is 1. The van der Waals surface area contributed by atoms with Gasteiger partial charge < -0.3 is 23.7 Å². The number of cyclic esters (lactones) is 1. The number of rotatable bonds is 6. The molecule has 0 saturated heterocycles. The van der Waals surface area contributed by atoms with Gasteiger partial charge in [-0.2, -0.15) is 0 Å². The van der Waals surface area contributed by atoms with Crippen LogP contribution in [0.3, 0.4) is 0 Å². The van der Waals surface area contributed by atoms with Crippen LogP contribution in [0.1, 0.15) is 11.1 Å². The zero-order valence-corrected chi connectivity index (χ0v) is 16.5. The Morgan fingerprint density at radius 1 is 0.929 bits per heavy atom. The highest BCUT2D eigenvalue weighted by Crippen LogP contribution is 2.41. The van der Waals surface area contributed by atoms with Crippen molar-refractivity contribution in [2.45, 2.75) is 0 Å². The maximum atomic E-state index is 12.3. The van der Waals surface area contributed by atoms with Crippen molar-refractivity contribution in [1.82, 2.24) is 0 Å². The number of nitrogens with zero attached hydrogens (tertiary/aromatic N) is 1. The summed E-state index contributed by atoms with van der Waals surface area (Å²) in [6.07, 6.45) is 1.55. The summed E-state index contributed by atoms with van der Waals surface area (Å²) in [5.74, 6) is 1.31. The van der Waals surface area contributed by atoms with Crippen molar-refractivity contribution in [1.29, 1.82) is 0 Å². The molecular formula is C20H18ClNO6. The van der Waals surface area contributed by atoms with Gasteiger partial charge in [-0.1, -0.05) is 11.6 Å². The van der Waals surface area contributed by atoms with E-state index in [1.165, 1.54) is 28.4 Å². The van der Waals surface area contributed by atoms with E-state index in [9.17, 15) is 4.79 Å². The van der Waals surface area contributed by atoms with Gasteiger partial charge in [0.2, 0.25) is 11.6 Å². The Balaban J connectivity index is 2.07. The zero-order valence-electron chi connectivity index (χ0n) is 15.7. The van der Waals surface area contributed by atoms with Crippen molar-refractivity contribution in [3.8, 4) is 23.0 Å². The molecule has 0 atom stereocenters. The van der Waals surface area contributed by atoms with E-state index in [4.69, 9.17) is 35.3 Å². The highest BCUT2D eigenvalue weighted by Gasteiger charge is 2.27. The highest BCUT2D eigenvalue weighted by molar-refractivity contribution is 6.31. The molecule has 0 spiro atoms. The van der Waals surface area contributed by atoms with E-state index in [0.717, 1.165) is 0 Å². The lowest BCUT2D eigenvalue weighted by atomic mass is 10.1. The van der Waals surface area contributed by atoms with Crippen LogP contribution in [0.15, 0.2) is 41.0 Å². The zero-order chi connectivity index (χ0) is 20.3. The standard InChI is InChI=1S/C20H18ClNO6/c1-24-15-8-6-12(21)10-13(15)19-22-14(20(23)28-19)9-11-5-7-16(25-2)18(27-4)17(11)26-3/h5-10H,1-4H3/b14-9+. The van der Waals surface area contributed by atoms with Gasteiger partial charge in [-0.05, 0) is 36.4 Å². The number of benzene rings is 2. The second-order valence-electron chi connectivity index (χ2n) is 5.60. The first kappa shape index (κ1) is 19.6. The first-order valence-electron chi connectivity index (χ1n) is 8.17. The van der Waals surface area contributed by atoms with Crippen molar-refractivity contribution in [3.63, 3.8) is 0 Å². The Bertz CT molecular complexity index is 983. The van der Waals surface area contributed by atoms with Crippen molar-refractivity contribution in [2.24, 2.45) is 4.99 Å². The number of carbonyl (C=O) groups excluding carboxylic acids is 1. The van der Waals surface area contributed by atoms with Gasteiger partial charge in [-0.25, -0.2) is 9.79 Å². The smallest absolute Gasteiger partial charge is 0.363 e. The average molecular weight is 404 g/mol. The van der Waals surface area contributed by atoms with Gasteiger partial charge in [-0.15, -0.1) is 0 Å². The van der Waals surface area contributed by atoms with E-state index in [0.29, 0.717) is 39.1 Å². The Kier molecular flexibility index (Phi) is 5.75. The fourth-order valence-electron chi connectivity index (χ4n) is 2.76. The van der Waals surface area contributed by atoms with E-state index in [2.05, 4.69) is 4.99 Å². The predicted molar refractivity (Wildman–Crippen MR) is 105 cm³/mol. The molecule has 0 aliphatic carbocycles. The Hall–Kier alpha value is -3.19. The fourth-order valence-corrected chi connectivity index (χ4v) is 2.93. The van der Waals surface area contributed by atoms with Gasteiger partial charge in [0.15, 0.2) is 17.2 Å². The highest BCUT2D eigenvalue weighted by atomic mass is 35.5. The van der Waals surface area contributed by atoms with Crippen LogP contribution in [0.4, 0.5) is 0 Å². The summed E-state index contributed by atoms with van der Waals surface area (Å²) >= 11 is 6.05. The minimum atomic E-state index is -0.603. The first-order chi connectivity index (χ1) is 13.5. The second-order valence-corrected chi connectivity index (χ2v) is 6.04. The van der Waals surface area contributed by atoms with E-state index >= 15 is 0 Å². The second kappa shape index (κ2) is 8.22. The maximum absolute atomic E-state index is 12.3. The number of ether oxygens (including phenoxy) is 5. The molecule has 1 aliphatic heterocycles. The lowest BCUT2D eigenvalue weighted by molar-refractivity contribution is -0.129. The summed E-state index contributed by atoms with van der Waals surface area (Å²) < 4.78 is 26.7. The molecule has 28 heavy (non-hydrogen) atoms. The topological polar surface area (TPSA) is 75.6 Å². The molecule has 1 aliphatic rings. The van der Waals surface area contributed by atoms with Crippen LogP contribution >= 0.6 is 11.6 Å². The third-order valence-electron chi connectivity index (χ3n) is 4.04. The normalized spacial score (nSPS) is 14.5. The maximum Gasteiger partial charge on any atom is 0.363 e. The molecule has 0 N–H and O–H groups in total. The molecule has 8 heteroatoms. The first-order valence-corrected chi connectivity index (χ1v) is 8.55. The van der Waals surface area contributed by atoms with Crippen LogP contribution in [0, 0.1) is 0 Å². The molecule has 0 aromatic heterocycles. The summed E-state index contributed by atoms with van der Waals surface area (Å²) in [6.45, 7) is 0. The summed E-state index contributed by atoms with van der Waals surface area (Å²) in [6, 6.07) is 8.40. The van der Waals surface area contributed by atoms with Crippen LogP contribution in [0.2, 0.25) is 5.02 Å². The molecule has 2 aromatic rings. The minimum absolute atomic E-state index is 0.0996. The lowest BCUT2D eigenvalue weighted by Crippen LogP contribution is -2.07. The molecule has 2 aromatic carbocycles. The summed E-state index contributed by atoms with van der Waals surface area (Å²) in [5.41, 5.74) is 1.16. The fraction of sp³-hybridized carbons (Fsp3) is 0.200. The molecule has 0 saturated carbocycles. The summed E-state index contributed by atoms with van der Waals surface area (Å²) in [5, 5.41) is 0.466. The van der Waals surface area contributed by atoms with Crippen molar-refractivity contribution < 1.29 is 28.5 Å². The number of hydrogen-bond donors (Lipinski definition) is 0. The third kappa shape index (κ3) is 3.61. The van der Waals surface area contributed by atoms with Gasteiger partial charge in [0.1, 0.15) is 5.75 Å². The van der Waals surface area contributed by atoms with Crippen LogP contribution in [-0.2, 0) is 9.53 Å². The Labute approximate surface area is 167 Å². The predicted octanol–water partition coefficient (Wildman–Crippen LogP) is 3.72. The molecule has 146 valence electrons. The van der Waals surface area contributed by atoms with Gasteiger partial charge >= 0.3 is 5.97 Å². The van der Waals surface area contributed by atoms with Crippen molar-refractivity contribution in [2.75, 3.05) is 28.4 Å². The van der Waals surface area contributed by atoms with Crippen molar-refractivity contribution >= 4 is 29.5 Å². The number of halogens is 1. The molecule has 0 amide bonds. The van der Waals surface area contributed by atoms with E-state index < -0.39 is 5.97 Å². The van der Waals surface area contributed by atoms with Crippen LogP contribution in [0.25, 0.3) is 6.08 Å². The van der Waals surface area contributed by atoms with Gasteiger partial charge in [0.05, 0.1) is 34.0 Å². The monoisotopic (exact) mass is 403 g/mol. The van der Waals surface area contributed by atoms with E-state index in [1.54, 1.807) is 36.4 Å². The van der Waals surface area contributed by atoms with Crippen LogP contribution < -0.4 is 18.9 Å². The van der Waals surface area contributed by atoms with Gasteiger partial charge in [-0.3, -0.25) is 0 Å². The van der Waals surface area contributed by atoms with Crippen molar-refractivity contribution in [3.05, 3.63) is 52.2 Å². The number of aliphatic imine (C=N–C) groups is 1. The Morgan fingerprint density at radius 2 is 1.61 bits per heavy atom. The largest absolute Gasteiger partial charge is 0.496 e. The molecule has 0 fully saturated rings. The summed E-state index contributed by atoms with van der Waals surface area (Å²) in [7, 11) is 6.04. The quantitative estimate of drug-likeness (QED) is 0.540. The molecule has 3 rings (SSSR count). The lowest BCUT2D eigenvalue weighted by Gasteiger charge is -2.14. The third-order valence-corrected chi connectivity index (χ3v) is 4.27. The minimum Gasteiger partial charge on any atom is -0.496 e. The number of esters is 1. The van der Waals surface area contributed by atoms with Crippen LogP contribution in [-0.4, -0.2) is 40.3 Å². The summed E-state index contributed by atoms with van der Waals surface area (Å²) in [4.78, 5) is 16.6. The molecule has 7 nitrogen and oxygen atoms in total. The molecule has 1 heterocycles. The number of hydrogen-bond acceptors (Lipinski definition) is 7. The molecular weight excluding hydrogens is 386 g/mol. The number of methoxy groups -OCH3 is 4. The van der Waals surface area contributed by atoms with Gasteiger partial charge in [0.25, 0.3) is 0 Å². The van der Waals surface area contributed by atoms with E-state index in [1.807, 2.05) is 0 Å². The SMILES string of the molecule is COc1ccc(Cl)cc1C1=N/C(=C/c2ccc(OC)c(OC)c2OC)C(=O)O1. The van der Waals surface area contributed by atoms with Crippen LogP contribution in [0.5, 0.6) is 23.0 Å². The van der Waals surface area contributed by atoms with Gasteiger partial charge in [0, 0.05) is 10.6 Å². The molecule has 0 bridgehead atoms. The Morgan fingerprint density at radius 3 is 2.25 bits per heavy atom. The molecule has 0 unspecified atom stereocenters. The molecule has 0 radical (unpaired) electrons. The van der Waals surface area contributed by atoms with E-state index in [-0.39, 0.29) is 11.6 Å².